The lowest BCUT2D eigenvalue weighted by molar-refractivity contribution is -0.201. The highest BCUT2D eigenvalue weighted by molar-refractivity contribution is 5.96. The molecule has 110 valence electrons. The van der Waals surface area contributed by atoms with Crippen molar-refractivity contribution in [3.63, 3.8) is 0 Å². The van der Waals surface area contributed by atoms with Crippen LogP contribution in [0.3, 0.4) is 0 Å². The van der Waals surface area contributed by atoms with Crippen LogP contribution >= 0.6 is 0 Å². The SMILES string of the molecule is C[C@@H](NC(=O)c1ccoc1)C(=O)NO[C@H]1CCCCO1. The quantitative estimate of drug-likeness (QED) is 0.785. The second kappa shape index (κ2) is 7.06. The van der Waals surface area contributed by atoms with E-state index in [9.17, 15) is 9.59 Å². The number of amides is 2. The van der Waals surface area contributed by atoms with E-state index in [1.807, 2.05) is 0 Å². The van der Waals surface area contributed by atoms with Crippen LogP contribution in [0.25, 0.3) is 0 Å². The van der Waals surface area contributed by atoms with Crippen LogP contribution in [-0.4, -0.2) is 30.8 Å². The topological polar surface area (TPSA) is 89.8 Å². The molecule has 20 heavy (non-hydrogen) atoms. The van der Waals surface area contributed by atoms with Crippen molar-refractivity contribution in [2.24, 2.45) is 0 Å². The van der Waals surface area contributed by atoms with Crippen LogP contribution in [-0.2, 0) is 14.4 Å². The third kappa shape index (κ3) is 4.07. The van der Waals surface area contributed by atoms with E-state index in [0.29, 0.717) is 12.2 Å². The first kappa shape index (κ1) is 14.5. The molecule has 2 N–H and O–H groups in total. The standard InChI is InChI=1S/C13H18N2O5/c1-9(14-13(17)10-5-7-18-8-10)12(16)15-20-11-4-2-3-6-19-11/h5,7-9,11H,2-4,6H2,1H3,(H,14,17)(H,15,16)/t9-,11+/m1/s1. The summed E-state index contributed by atoms with van der Waals surface area (Å²) in [6.45, 7) is 2.20. The van der Waals surface area contributed by atoms with E-state index in [-0.39, 0.29) is 5.91 Å². The van der Waals surface area contributed by atoms with E-state index in [1.54, 1.807) is 6.92 Å². The average molecular weight is 282 g/mol. The van der Waals surface area contributed by atoms with E-state index in [4.69, 9.17) is 14.0 Å². The van der Waals surface area contributed by atoms with Gasteiger partial charge in [0, 0.05) is 13.0 Å². The van der Waals surface area contributed by atoms with Crippen molar-refractivity contribution in [1.29, 1.82) is 0 Å². The fourth-order valence-electron chi connectivity index (χ4n) is 1.76. The first-order valence-electron chi connectivity index (χ1n) is 6.57. The largest absolute Gasteiger partial charge is 0.472 e. The van der Waals surface area contributed by atoms with Gasteiger partial charge in [-0.15, -0.1) is 0 Å². The smallest absolute Gasteiger partial charge is 0.265 e. The summed E-state index contributed by atoms with van der Waals surface area (Å²) in [6, 6.07) is 0.799. The lowest BCUT2D eigenvalue weighted by Crippen LogP contribution is -2.46. The summed E-state index contributed by atoms with van der Waals surface area (Å²) in [7, 11) is 0. The summed E-state index contributed by atoms with van der Waals surface area (Å²) < 4.78 is 10.1. The van der Waals surface area contributed by atoms with Crippen molar-refractivity contribution in [2.45, 2.75) is 38.5 Å². The van der Waals surface area contributed by atoms with Gasteiger partial charge in [-0.25, -0.2) is 10.3 Å². The zero-order valence-electron chi connectivity index (χ0n) is 11.3. The Kier molecular flexibility index (Phi) is 5.14. The molecule has 2 amide bonds. The zero-order valence-corrected chi connectivity index (χ0v) is 11.3. The summed E-state index contributed by atoms with van der Waals surface area (Å²) in [5.41, 5.74) is 2.66. The van der Waals surface area contributed by atoms with Gasteiger partial charge in [-0.05, 0) is 25.8 Å². The minimum absolute atomic E-state index is 0.362. The van der Waals surface area contributed by atoms with Crippen molar-refractivity contribution < 1.29 is 23.6 Å². The summed E-state index contributed by atoms with van der Waals surface area (Å²) >= 11 is 0. The van der Waals surface area contributed by atoms with Gasteiger partial charge >= 0.3 is 0 Å². The third-order valence-corrected chi connectivity index (χ3v) is 2.95. The first-order valence-corrected chi connectivity index (χ1v) is 6.57. The van der Waals surface area contributed by atoms with Gasteiger partial charge in [0.05, 0.1) is 11.8 Å². The number of furan rings is 1. The molecule has 1 aliphatic heterocycles. The molecule has 1 saturated heterocycles. The van der Waals surface area contributed by atoms with Gasteiger partial charge in [0.25, 0.3) is 11.8 Å². The van der Waals surface area contributed by atoms with Crippen LogP contribution in [0.5, 0.6) is 0 Å². The van der Waals surface area contributed by atoms with Crippen molar-refractivity contribution in [2.75, 3.05) is 6.61 Å². The molecule has 0 aromatic carbocycles. The first-order chi connectivity index (χ1) is 9.66. The molecule has 2 heterocycles. The minimum Gasteiger partial charge on any atom is -0.472 e. The Hall–Kier alpha value is -1.86. The van der Waals surface area contributed by atoms with Crippen LogP contribution in [0.15, 0.2) is 23.0 Å². The maximum absolute atomic E-state index is 11.8. The van der Waals surface area contributed by atoms with Gasteiger partial charge in [0.15, 0.2) is 6.29 Å². The Morgan fingerprint density at radius 3 is 2.95 bits per heavy atom. The summed E-state index contributed by atoms with van der Waals surface area (Å²) in [5, 5.41) is 2.54. The molecule has 0 unspecified atom stereocenters. The summed E-state index contributed by atoms with van der Waals surface area (Å²) in [6.07, 6.45) is 5.05. The highest BCUT2D eigenvalue weighted by Crippen LogP contribution is 2.12. The highest BCUT2D eigenvalue weighted by Gasteiger charge is 2.20. The zero-order chi connectivity index (χ0) is 14.4. The Morgan fingerprint density at radius 1 is 1.45 bits per heavy atom. The van der Waals surface area contributed by atoms with Crippen molar-refractivity contribution >= 4 is 11.8 Å². The lowest BCUT2D eigenvalue weighted by Gasteiger charge is -2.23. The predicted molar refractivity (Wildman–Crippen MR) is 68.5 cm³/mol. The number of rotatable bonds is 5. The van der Waals surface area contributed by atoms with Gasteiger partial charge in [0.2, 0.25) is 0 Å². The Bertz CT molecular complexity index is 440. The Morgan fingerprint density at radius 2 is 2.30 bits per heavy atom. The number of hydrogen-bond acceptors (Lipinski definition) is 5. The third-order valence-electron chi connectivity index (χ3n) is 2.95. The molecule has 0 bridgehead atoms. The average Bonchev–Trinajstić information content (AvgIpc) is 3.00. The molecule has 1 aromatic rings. The fraction of sp³-hybridized carbons (Fsp3) is 0.538. The van der Waals surface area contributed by atoms with Gasteiger partial charge in [-0.2, -0.15) is 0 Å². The molecule has 7 heteroatoms. The Balaban J connectivity index is 1.72. The summed E-state index contributed by atoms with van der Waals surface area (Å²) in [4.78, 5) is 28.6. The maximum atomic E-state index is 11.8. The fourth-order valence-corrected chi connectivity index (χ4v) is 1.76. The van der Waals surface area contributed by atoms with Crippen LogP contribution in [0.1, 0.15) is 36.5 Å². The molecule has 0 saturated carbocycles. The molecule has 1 fully saturated rings. The minimum atomic E-state index is -0.721. The number of carbonyl (C=O) groups is 2. The molecule has 7 nitrogen and oxygen atoms in total. The molecule has 2 atom stereocenters. The van der Waals surface area contributed by atoms with Crippen LogP contribution in [0.2, 0.25) is 0 Å². The van der Waals surface area contributed by atoms with Crippen LogP contribution < -0.4 is 10.8 Å². The van der Waals surface area contributed by atoms with Crippen molar-refractivity contribution in [1.82, 2.24) is 10.8 Å². The summed E-state index contributed by atoms with van der Waals surface area (Å²) in [5.74, 6) is -0.814. The second-order valence-electron chi connectivity index (χ2n) is 4.59. The van der Waals surface area contributed by atoms with E-state index >= 15 is 0 Å². The molecule has 1 aliphatic rings. The molecule has 0 aliphatic carbocycles. The van der Waals surface area contributed by atoms with E-state index in [1.165, 1.54) is 18.6 Å². The molecule has 2 rings (SSSR count). The van der Waals surface area contributed by atoms with E-state index < -0.39 is 18.2 Å². The van der Waals surface area contributed by atoms with Crippen LogP contribution in [0.4, 0.5) is 0 Å². The number of nitrogens with one attached hydrogen (secondary N) is 2. The highest BCUT2D eigenvalue weighted by atomic mass is 16.8. The van der Waals surface area contributed by atoms with Gasteiger partial charge < -0.3 is 14.5 Å². The number of hydroxylamine groups is 1. The molecular formula is C13H18N2O5. The molecule has 1 aromatic heterocycles. The number of ether oxygens (including phenoxy) is 1. The Labute approximate surface area is 116 Å². The van der Waals surface area contributed by atoms with Gasteiger partial charge in [-0.1, -0.05) is 0 Å². The van der Waals surface area contributed by atoms with Gasteiger partial charge in [-0.3, -0.25) is 9.59 Å². The number of hydrogen-bond donors (Lipinski definition) is 2. The van der Waals surface area contributed by atoms with Crippen LogP contribution in [0, 0.1) is 0 Å². The monoisotopic (exact) mass is 282 g/mol. The molecule has 0 spiro atoms. The maximum Gasteiger partial charge on any atom is 0.265 e. The normalized spacial score (nSPS) is 20.1. The molecule has 0 radical (unpaired) electrons. The second-order valence-corrected chi connectivity index (χ2v) is 4.59. The lowest BCUT2D eigenvalue weighted by atomic mass is 10.2. The molecular weight excluding hydrogens is 264 g/mol. The van der Waals surface area contributed by atoms with Crippen molar-refractivity contribution in [3.8, 4) is 0 Å². The predicted octanol–water partition coefficient (Wildman–Crippen LogP) is 0.972. The van der Waals surface area contributed by atoms with E-state index in [0.717, 1.165) is 19.3 Å². The van der Waals surface area contributed by atoms with Crippen molar-refractivity contribution in [3.05, 3.63) is 24.2 Å². The van der Waals surface area contributed by atoms with E-state index in [2.05, 4.69) is 10.8 Å². The number of carbonyl (C=O) groups excluding carboxylic acids is 2. The van der Waals surface area contributed by atoms with Gasteiger partial charge in [0.1, 0.15) is 12.3 Å².